The Morgan fingerprint density at radius 3 is 2.58 bits per heavy atom. The smallest absolute Gasteiger partial charge is 0.308 e. The highest BCUT2D eigenvalue weighted by Crippen LogP contribution is 2.40. The quantitative estimate of drug-likeness (QED) is 0.279. The second-order valence-corrected chi connectivity index (χ2v) is 7.51. The highest BCUT2D eigenvalue weighted by Gasteiger charge is 2.42. The van der Waals surface area contributed by atoms with Crippen molar-refractivity contribution in [1.82, 2.24) is 0 Å². The summed E-state index contributed by atoms with van der Waals surface area (Å²) in [6.07, 6.45) is 12.7. The third-order valence-corrected chi connectivity index (χ3v) is 5.46. The van der Waals surface area contributed by atoms with E-state index in [1.807, 2.05) is 0 Å². The van der Waals surface area contributed by atoms with E-state index in [1.165, 1.54) is 12.7 Å². The van der Waals surface area contributed by atoms with Crippen LogP contribution in [-0.2, 0) is 19.3 Å². The van der Waals surface area contributed by atoms with Gasteiger partial charge >= 0.3 is 5.97 Å². The van der Waals surface area contributed by atoms with E-state index < -0.39 is 0 Å². The van der Waals surface area contributed by atoms with E-state index in [0.29, 0.717) is 11.8 Å². The molecule has 0 unspecified atom stereocenters. The van der Waals surface area contributed by atoms with Crippen LogP contribution in [0.1, 0.15) is 79.6 Å². The molecule has 0 saturated carbocycles. The Kier molecular flexibility index (Phi) is 10.2. The first-order valence-electron chi connectivity index (χ1n) is 10.2. The van der Waals surface area contributed by atoms with Crippen LogP contribution in [0.15, 0.2) is 23.8 Å². The van der Waals surface area contributed by atoms with Gasteiger partial charge in [0.25, 0.3) is 0 Å². The fourth-order valence-electron chi connectivity index (χ4n) is 3.72. The summed E-state index contributed by atoms with van der Waals surface area (Å²) < 4.78 is 4.79. The van der Waals surface area contributed by atoms with Crippen LogP contribution in [0, 0.1) is 11.8 Å². The van der Waals surface area contributed by atoms with Crippen molar-refractivity contribution in [2.75, 3.05) is 7.11 Å². The van der Waals surface area contributed by atoms with E-state index in [2.05, 4.69) is 52.8 Å². The lowest BCUT2D eigenvalue weighted by Gasteiger charge is -2.43. The minimum atomic E-state index is -0.305. The van der Waals surface area contributed by atoms with Crippen molar-refractivity contribution in [3.63, 3.8) is 0 Å². The summed E-state index contributed by atoms with van der Waals surface area (Å²) in [5, 5.41) is 0. The highest BCUT2D eigenvalue weighted by molar-refractivity contribution is 5.69. The minimum Gasteiger partial charge on any atom is -0.469 e. The molecular weight excluding hydrogens is 328 g/mol. The molecule has 0 bridgehead atoms. The van der Waals surface area contributed by atoms with Crippen molar-refractivity contribution in [3.8, 4) is 0 Å². The second kappa shape index (κ2) is 11.6. The van der Waals surface area contributed by atoms with Gasteiger partial charge in [-0.1, -0.05) is 57.9 Å². The van der Waals surface area contributed by atoms with Gasteiger partial charge in [-0.25, -0.2) is 9.78 Å². The van der Waals surface area contributed by atoms with E-state index in [9.17, 15) is 4.79 Å². The van der Waals surface area contributed by atoms with Gasteiger partial charge in [-0.3, -0.25) is 4.79 Å². The van der Waals surface area contributed by atoms with Gasteiger partial charge < -0.3 is 4.74 Å². The molecule has 26 heavy (non-hydrogen) atoms. The molecule has 1 aliphatic rings. The van der Waals surface area contributed by atoms with Gasteiger partial charge in [0.05, 0.1) is 13.5 Å². The SMILES string of the molecule is CC/C=C/[C@H](/C=C(\C)C[C@@]1(CC)C[C@@H](CC)[C@@H](CC(=O)OC)OO1)CC. The van der Waals surface area contributed by atoms with E-state index >= 15 is 0 Å². The lowest BCUT2D eigenvalue weighted by molar-refractivity contribution is -0.421. The molecule has 0 spiro atoms. The lowest BCUT2D eigenvalue weighted by atomic mass is 9.78. The van der Waals surface area contributed by atoms with Crippen LogP contribution in [0.3, 0.4) is 0 Å². The fourth-order valence-corrected chi connectivity index (χ4v) is 3.72. The largest absolute Gasteiger partial charge is 0.469 e. The number of methoxy groups -OCH3 is 1. The third kappa shape index (κ3) is 6.88. The van der Waals surface area contributed by atoms with Gasteiger partial charge in [0.1, 0.15) is 11.7 Å². The summed E-state index contributed by atoms with van der Waals surface area (Å²) in [7, 11) is 1.41. The third-order valence-electron chi connectivity index (χ3n) is 5.46. The minimum absolute atomic E-state index is 0.215. The molecule has 4 atom stereocenters. The van der Waals surface area contributed by atoms with Gasteiger partial charge in [0, 0.05) is 6.42 Å². The number of hydrogen-bond acceptors (Lipinski definition) is 4. The first kappa shape index (κ1) is 22.9. The number of rotatable bonds is 10. The molecule has 0 aromatic rings. The van der Waals surface area contributed by atoms with Crippen molar-refractivity contribution in [2.24, 2.45) is 11.8 Å². The lowest BCUT2D eigenvalue weighted by Crippen LogP contribution is -2.45. The zero-order valence-electron chi connectivity index (χ0n) is 17.5. The maximum Gasteiger partial charge on any atom is 0.308 e. The number of carbonyl (C=O) groups excluding carboxylic acids is 1. The Bertz CT molecular complexity index is 483. The molecule has 0 N–H and O–H groups in total. The number of hydrogen-bond donors (Lipinski definition) is 0. The zero-order valence-corrected chi connectivity index (χ0v) is 17.5. The average molecular weight is 367 g/mol. The fraction of sp³-hybridized carbons (Fsp3) is 0.773. The summed E-state index contributed by atoms with van der Waals surface area (Å²) in [5.74, 6) is 0.533. The normalized spacial score (nSPS) is 28.3. The van der Waals surface area contributed by atoms with Gasteiger partial charge in [-0.05, 0) is 44.4 Å². The number of ether oxygens (including phenoxy) is 1. The molecule has 0 amide bonds. The maximum atomic E-state index is 11.6. The first-order chi connectivity index (χ1) is 12.4. The Morgan fingerprint density at radius 2 is 2.04 bits per heavy atom. The van der Waals surface area contributed by atoms with Gasteiger partial charge in [0.15, 0.2) is 0 Å². The maximum absolute atomic E-state index is 11.6. The Balaban J connectivity index is 2.82. The van der Waals surface area contributed by atoms with Crippen LogP contribution in [0.25, 0.3) is 0 Å². The van der Waals surface area contributed by atoms with Crippen LogP contribution >= 0.6 is 0 Å². The topological polar surface area (TPSA) is 44.8 Å². The standard InChI is InChI=1S/C22H38O4/c1-7-11-12-18(8-2)13-17(5)15-22(10-4)16-19(9-3)20(25-26-22)14-21(23)24-6/h11-13,18-20H,7-10,14-16H2,1-6H3/b12-11+,17-13+/t18-,19-,20-,22+/m1/s1. The van der Waals surface area contributed by atoms with Crippen LogP contribution in [-0.4, -0.2) is 24.8 Å². The number of allylic oxidation sites excluding steroid dienone is 3. The van der Waals surface area contributed by atoms with Crippen molar-refractivity contribution >= 4 is 5.97 Å². The monoisotopic (exact) mass is 366 g/mol. The average Bonchev–Trinajstić information content (AvgIpc) is 2.66. The van der Waals surface area contributed by atoms with Crippen molar-refractivity contribution < 1.29 is 19.3 Å². The summed E-state index contributed by atoms with van der Waals surface area (Å²) in [4.78, 5) is 23.2. The van der Waals surface area contributed by atoms with Crippen molar-refractivity contribution in [3.05, 3.63) is 23.8 Å². The van der Waals surface area contributed by atoms with E-state index in [0.717, 1.165) is 38.5 Å². The van der Waals surface area contributed by atoms with E-state index in [4.69, 9.17) is 14.5 Å². The first-order valence-corrected chi connectivity index (χ1v) is 10.2. The van der Waals surface area contributed by atoms with Gasteiger partial charge in [-0.15, -0.1) is 0 Å². The molecule has 1 aliphatic heterocycles. The molecule has 4 nitrogen and oxygen atoms in total. The molecule has 1 fully saturated rings. The summed E-state index contributed by atoms with van der Waals surface area (Å²) >= 11 is 0. The summed E-state index contributed by atoms with van der Waals surface area (Å²) in [5.41, 5.74) is 1.03. The van der Waals surface area contributed by atoms with E-state index in [-0.39, 0.29) is 24.1 Å². The summed E-state index contributed by atoms with van der Waals surface area (Å²) in [6, 6.07) is 0. The molecule has 0 aromatic carbocycles. The molecular formula is C22H38O4. The van der Waals surface area contributed by atoms with Gasteiger partial charge in [-0.2, -0.15) is 0 Å². The Labute approximate surface area is 159 Å². The molecule has 0 aliphatic carbocycles. The zero-order chi connectivity index (χ0) is 19.6. The number of carbonyl (C=O) groups is 1. The van der Waals surface area contributed by atoms with Crippen molar-refractivity contribution in [2.45, 2.75) is 91.3 Å². The second-order valence-electron chi connectivity index (χ2n) is 7.51. The van der Waals surface area contributed by atoms with Crippen LogP contribution in [0.4, 0.5) is 0 Å². The summed E-state index contributed by atoms with van der Waals surface area (Å²) in [6.45, 7) is 10.9. The molecule has 150 valence electrons. The predicted molar refractivity (Wildman–Crippen MR) is 106 cm³/mol. The molecule has 4 heteroatoms. The van der Waals surface area contributed by atoms with Gasteiger partial charge in [0.2, 0.25) is 0 Å². The molecule has 1 rings (SSSR count). The number of esters is 1. The highest BCUT2D eigenvalue weighted by atomic mass is 17.2. The van der Waals surface area contributed by atoms with E-state index in [1.54, 1.807) is 0 Å². The molecule has 0 aromatic heterocycles. The Morgan fingerprint density at radius 1 is 1.31 bits per heavy atom. The predicted octanol–water partition coefficient (Wildman–Crippen LogP) is 5.77. The Hall–Kier alpha value is -1.13. The molecule has 0 radical (unpaired) electrons. The van der Waals surface area contributed by atoms with Crippen LogP contribution < -0.4 is 0 Å². The molecule has 1 saturated heterocycles. The van der Waals surface area contributed by atoms with Crippen molar-refractivity contribution in [1.29, 1.82) is 0 Å². The van der Waals surface area contributed by atoms with Crippen LogP contribution in [0.5, 0.6) is 0 Å². The molecule has 1 heterocycles. The van der Waals surface area contributed by atoms with Crippen LogP contribution in [0.2, 0.25) is 0 Å².